The number of fused-ring (bicyclic) bond motifs is 2. The van der Waals surface area contributed by atoms with E-state index in [9.17, 15) is 4.79 Å². The second-order valence-corrected chi connectivity index (χ2v) is 7.55. The second-order valence-electron chi connectivity index (χ2n) is 7.55. The summed E-state index contributed by atoms with van der Waals surface area (Å²) in [6.07, 6.45) is 1.77. The van der Waals surface area contributed by atoms with E-state index < -0.39 is 0 Å². The van der Waals surface area contributed by atoms with Crippen LogP contribution in [-0.4, -0.2) is 31.2 Å². The van der Waals surface area contributed by atoms with Gasteiger partial charge < -0.3 is 14.1 Å². The van der Waals surface area contributed by atoms with Crippen LogP contribution in [0.15, 0.2) is 53.1 Å². The molecule has 4 aromatic rings. The van der Waals surface area contributed by atoms with E-state index in [1.165, 1.54) is 7.11 Å². The van der Waals surface area contributed by atoms with Crippen molar-refractivity contribution in [1.29, 1.82) is 0 Å². The molecular weight excluding hydrogens is 364 g/mol. The van der Waals surface area contributed by atoms with Crippen molar-refractivity contribution in [2.75, 3.05) is 19.1 Å². The fraction of sp³-hybridized carbons (Fsp3) is 0.250. The lowest BCUT2D eigenvalue weighted by Gasteiger charge is -2.27. The Hall–Kier alpha value is -3.34. The van der Waals surface area contributed by atoms with Gasteiger partial charge in [0.1, 0.15) is 5.58 Å². The van der Waals surface area contributed by atoms with E-state index in [0.717, 1.165) is 44.4 Å². The summed E-state index contributed by atoms with van der Waals surface area (Å²) in [6.45, 7) is 6.21. The highest BCUT2D eigenvalue weighted by atomic mass is 16.5. The van der Waals surface area contributed by atoms with Gasteiger partial charge in [-0.3, -0.25) is 0 Å². The summed E-state index contributed by atoms with van der Waals surface area (Å²) in [5, 5.41) is 2.01. The first kappa shape index (κ1) is 19.0. The third kappa shape index (κ3) is 3.23. The van der Waals surface area contributed by atoms with E-state index >= 15 is 0 Å². The molecule has 0 aliphatic heterocycles. The van der Waals surface area contributed by atoms with Gasteiger partial charge in [0.15, 0.2) is 0 Å². The van der Waals surface area contributed by atoms with Crippen LogP contribution in [0.5, 0.6) is 0 Å². The molecule has 0 aliphatic carbocycles. The number of benzene rings is 2. The number of esters is 1. The maximum Gasteiger partial charge on any atom is 0.339 e. The van der Waals surface area contributed by atoms with Gasteiger partial charge in [-0.15, -0.1) is 0 Å². The summed E-state index contributed by atoms with van der Waals surface area (Å²) in [7, 11) is 3.39. The zero-order valence-corrected chi connectivity index (χ0v) is 17.3. The minimum Gasteiger partial charge on any atom is -0.465 e. The van der Waals surface area contributed by atoms with E-state index in [4.69, 9.17) is 14.1 Å². The topological polar surface area (TPSA) is 55.6 Å². The third-order valence-electron chi connectivity index (χ3n) is 5.44. The number of nitrogens with zero attached hydrogens (tertiary/aromatic N) is 2. The standard InChI is InChI=1S/C24H24N2O3/c1-14(2)26(4)23-17-7-9-20(25-21(17)10-8-18(23)24(27)28-5)16-6-11-22-19(12-16)15(3)13-29-22/h6-14H,1-5H3. The van der Waals surface area contributed by atoms with Crippen molar-refractivity contribution >= 4 is 33.5 Å². The predicted molar refractivity (Wildman–Crippen MR) is 117 cm³/mol. The van der Waals surface area contributed by atoms with Gasteiger partial charge in [0, 0.05) is 29.4 Å². The number of pyridine rings is 1. The van der Waals surface area contributed by atoms with Crippen LogP contribution in [0.25, 0.3) is 33.1 Å². The molecule has 0 amide bonds. The van der Waals surface area contributed by atoms with Crippen molar-refractivity contribution in [3.8, 4) is 11.3 Å². The molecule has 0 radical (unpaired) electrons. The molecule has 0 fully saturated rings. The summed E-state index contributed by atoms with van der Waals surface area (Å²) < 4.78 is 10.5. The molecule has 0 saturated carbocycles. The van der Waals surface area contributed by atoms with Gasteiger partial charge in [0.2, 0.25) is 0 Å². The summed E-state index contributed by atoms with van der Waals surface area (Å²) in [6, 6.07) is 14.0. The Balaban J connectivity index is 1.89. The van der Waals surface area contributed by atoms with Gasteiger partial charge in [-0.1, -0.05) is 0 Å². The third-order valence-corrected chi connectivity index (χ3v) is 5.44. The Morgan fingerprint density at radius 3 is 2.62 bits per heavy atom. The lowest BCUT2D eigenvalue weighted by Crippen LogP contribution is -2.28. The van der Waals surface area contributed by atoms with Gasteiger partial charge in [0.25, 0.3) is 0 Å². The van der Waals surface area contributed by atoms with Gasteiger partial charge in [-0.05, 0) is 68.8 Å². The summed E-state index contributed by atoms with van der Waals surface area (Å²) in [5.41, 5.74) is 6.10. The highest BCUT2D eigenvalue weighted by Gasteiger charge is 2.20. The normalized spacial score (nSPS) is 11.4. The molecule has 5 heteroatoms. The van der Waals surface area contributed by atoms with Crippen molar-refractivity contribution in [1.82, 2.24) is 4.98 Å². The first-order chi connectivity index (χ1) is 13.9. The van der Waals surface area contributed by atoms with Crippen LogP contribution in [0.4, 0.5) is 5.69 Å². The molecule has 148 valence electrons. The van der Waals surface area contributed by atoms with Crippen LogP contribution in [0.2, 0.25) is 0 Å². The molecule has 0 atom stereocenters. The lowest BCUT2D eigenvalue weighted by molar-refractivity contribution is 0.0601. The minimum absolute atomic E-state index is 0.218. The van der Waals surface area contributed by atoms with Crippen molar-refractivity contribution < 1.29 is 13.9 Å². The number of carbonyl (C=O) groups excluding carboxylic acids is 1. The highest BCUT2D eigenvalue weighted by molar-refractivity contribution is 6.06. The zero-order chi connectivity index (χ0) is 20.7. The number of ether oxygens (including phenoxy) is 1. The van der Waals surface area contributed by atoms with Crippen LogP contribution in [0.3, 0.4) is 0 Å². The van der Waals surface area contributed by atoms with E-state index in [0.29, 0.717) is 5.56 Å². The fourth-order valence-electron chi connectivity index (χ4n) is 3.58. The number of rotatable bonds is 4. The molecule has 0 spiro atoms. The van der Waals surface area contributed by atoms with Crippen LogP contribution in [0, 0.1) is 6.92 Å². The molecule has 2 aromatic heterocycles. The van der Waals surface area contributed by atoms with E-state index in [1.54, 1.807) is 12.3 Å². The Morgan fingerprint density at radius 2 is 1.90 bits per heavy atom. The number of carbonyl (C=O) groups is 1. The first-order valence-electron chi connectivity index (χ1n) is 9.64. The highest BCUT2D eigenvalue weighted by Crippen LogP contribution is 2.34. The van der Waals surface area contributed by atoms with Crippen LogP contribution in [0.1, 0.15) is 29.8 Å². The van der Waals surface area contributed by atoms with Crippen molar-refractivity contribution in [2.45, 2.75) is 26.8 Å². The summed E-state index contributed by atoms with van der Waals surface area (Å²) in [4.78, 5) is 19.3. The molecule has 29 heavy (non-hydrogen) atoms. The number of aromatic nitrogens is 1. The van der Waals surface area contributed by atoms with E-state index in [2.05, 4.69) is 24.8 Å². The van der Waals surface area contributed by atoms with Gasteiger partial charge in [-0.2, -0.15) is 0 Å². The summed E-state index contributed by atoms with van der Waals surface area (Å²) in [5.74, 6) is -0.348. The Morgan fingerprint density at radius 1 is 1.10 bits per heavy atom. The quantitative estimate of drug-likeness (QED) is 0.427. The zero-order valence-electron chi connectivity index (χ0n) is 17.3. The molecule has 5 nitrogen and oxygen atoms in total. The average Bonchev–Trinajstić information content (AvgIpc) is 3.11. The Bertz CT molecular complexity index is 1220. The Kier molecular flexibility index (Phi) is 4.74. The maximum atomic E-state index is 12.3. The largest absolute Gasteiger partial charge is 0.465 e. The molecule has 0 aliphatic rings. The van der Waals surface area contributed by atoms with Crippen LogP contribution >= 0.6 is 0 Å². The van der Waals surface area contributed by atoms with Crippen LogP contribution in [-0.2, 0) is 4.74 Å². The minimum atomic E-state index is -0.348. The van der Waals surface area contributed by atoms with Crippen molar-refractivity contribution in [2.24, 2.45) is 0 Å². The molecule has 0 unspecified atom stereocenters. The van der Waals surface area contributed by atoms with Gasteiger partial charge >= 0.3 is 5.97 Å². The first-order valence-corrected chi connectivity index (χ1v) is 9.64. The molecule has 0 N–H and O–H groups in total. The molecule has 2 heterocycles. The molecule has 0 bridgehead atoms. The molecule has 0 saturated heterocycles. The van der Waals surface area contributed by atoms with Crippen molar-refractivity contribution in [3.05, 3.63) is 59.9 Å². The number of anilines is 1. The Labute approximate surface area is 169 Å². The monoisotopic (exact) mass is 388 g/mol. The smallest absolute Gasteiger partial charge is 0.339 e. The van der Waals surface area contributed by atoms with Crippen molar-refractivity contribution in [3.63, 3.8) is 0 Å². The number of hydrogen-bond acceptors (Lipinski definition) is 5. The average molecular weight is 388 g/mol. The van der Waals surface area contributed by atoms with Gasteiger partial charge in [0.05, 0.1) is 35.8 Å². The predicted octanol–water partition coefficient (Wildman–Crippen LogP) is 5.59. The van der Waals surface area contributed by atoms with Crippen LogP contribution < -0.4 is 4.90 Å². The number of furan rings is 1. The van der Waals surface area contributed by atoms with E-state index in [-0.39, 0.29) is 12.0 Å². The number of aryl methyl sites for hydroxylation is 1. The van der Waals surface area contributed by atoms with Gasteiger partial charge in [-0.25, -0.2) is 9.78 Å². The van der Waals surface area contributed by atoms with E-state index in [1.807, 2.05) is 44.3 Å². The molecule has 2 aromatic carbocycles. The second kappa shape index (κ2) is 7.24. The lowest BCUT2D eigenvalue weighted by atomic mass is 10.0. The molecule has 4 rings (SSSR count). The molecular formula is C24H24N2O3. The number of methoxy groups -OCH3 is 1. The maximum absolute atomic E-state index is 12.3. The SMILES string of the molecule is COC(=O)c1ccc2nc(-c3ccc4occ(C)c4c3)ccc2c1N(C)C(C)C. The number of hydrogen-bond donors (Lipinski definition) is 0. The fourth-order valence-corrected chi connectivity index (χ4v) is 3.58. The summed E-state index contributed by atoms with van der Waals surface area (Å²) >= 11 is 0.